The average molecular weight is 271 g/mol. The molecule has 1 aromatic carbocycles. The number of amides is 1. The molecule has 0 spiro atoms. The van der Waals surface area contributed by atoms with Gasteiger partial charge in [-0.2, -0.15) is 0 Å². The smallest absolute Gasteiger partial charge is 0.251 e. The van der Waals surface area contributed by atoms with Crippen LogP contribution in [0.4, 0.5) is 0 Å². The minimum atomic E-state index is -0.0392. The lowest BCUT2D eigenvalue weighted by Crippen LogP contribution is -2.26. The van der Waals surface area contributed by atoms with Gasteiger partial charge < -0.3 is 10.3 Å². The normalized spacial score (nSPS) is 11.3. The second-order valence-corrected chi connectivity index (χ2v) is 5.87. The van der Waals surface area contributed by atoms with Crippen molar-refractivity contribution in [1.82, 2.24) is 15.3 Å². The topological polar surface area (TPSA) is 57.8 Å². The number of hydrogen-bond donors (Lipinski definition) is 2. The Morgan fingerprint density at radius 1 is 1.35 bits per heavy atom. The summed E-state index contributed by atoms with van der Waals surface area (Å²) in [5, 5.41) is 2.92. The fraction of sp³-hybridized carbons (Fsp3) is 0.375. The predicted octanol–water partition coefficient (Wildman–Crippen LogP) is 2.68. The van der Waals surface area contributed by atoms with E-state index in [1.54, 1.807) is 12.4 Å². The van der Waals surface area contributed by atoms with Crippen LogP contribution in [0.5, 0.6) is 0 Å². The number of aromatic nitrogens is 2. The van der Waals surface area contributed by atoms with Gasteiger partial charge in [0.15, 0.2) is 0 Å². The summed E-state index contributed by atoms with van der Waals surface area (Å²) in [6.07, 6.45) is 4.20. The van der Waals surface area contributed by atoms with Crippen molar-refractivity contribution in [3.05, 3.63) is 53.6 Å². The third-order valence-electron chi connectivity index (χ3n) is 3.19. The highest BCUT2D eigenvalue weighted by Gasteiger charge is 2.15. The van der Waals surface area contributed by atoms with Gasteiger partial charge in [0.2, 0.25) is 0 Å². The summed E-state index contributed by atoms with van der Waals surface area (Å²) in [6.45, 7) is 6.99. The van der Waals surface area contributed by atoms with Gasteiger partial charge in [-0.15, -0.1) is 0 Å². The molecular formula is C16H21N3O. The summed E-state index contributed by atoms with van der Waals surface area (Å²) in [6, 6.07) is 7.79. The molecule has 0 atom stereocenters. The van der Waals surface area contributed by atoms with Gasteiger partial charge in [-0.3, -0.25) is 4.79 Å². The van der Waals surface area contributed by atoms with Crippen molar-refractivity contribution >= 4 is 5.91 Å². The number of aromatic amines is 1. The summed E-state index contributed by atoms with van der Waals surface area (Å²) in [5.74, 6) is 0.844. The quantitative estimate of drug-likeness (QED) is 0.898. The number of carbonyl (C=O) groups excluding carboxylic acids is 1. The predicted molar refractivity (Wildman–Crippen MR) is 79.8 cm³/mol. The molecule has 2 N–H and O–H groups in total. The van der Waals surface area contributed by atoms with E-state index in [2.05, 4.69) is 42.1 Å². The van der Waals surface area contributed by atoms with Crippen LogP contribution < -0.4 is 5.32 Å². The lowest BCUT2D eigenvalue weighted by atomic mass is 9.86. The summed E-state index contributed by atoms with van der Waals surface area (Å²) in [5.41, 5.74) is 1.91. The summed E-state index contributed by atoms with van der Waals surface area (Å²) in [7, 11) is 0. The maximum absolute atomic E-state index is 12.1. The van der Waals surface area contributed by atoms with E-state index in [-0.39, 0.29) is 11.3 Å². The van der Waals surface area contributed by atoms with Gasteiger partial charge in [0, 0.05) is 30.9 Å². The van der Waals surface area contributed by atoms with Crippen LogP contribution in [0.2, 0.25) is 0 Å². The highest BCUT2D eigenvalue weighted by Crippen LogP contribution is 2.22. The number of carbonyl (C=O) groups is 1. The summed E-state index contributed by atoms with van der Waals surface area (Å²) >= 11 is 0. The molecular weight excluding hydrogens is 250 g/mol. The van der Waals surface area contributed by atoms with Gasteiger partial charge in [-0.25, -0.2) is 4.98 Å². The maximum Gasteiger partial charge on any atom is 0.251 e. The standard InChI is InChI=1S/C16H21N3O/c1-16(2,3)13-6-4-5-12(11-13)15(20)19-8-7-14-17-9-10-18-14/h4-6,9-11H,7-8H2,1-3H3,(H,17,18)(H,19,20). The molecule has 2 aromatic rings. The van der Waals surface area contributed by atoms with E-state index >= 15 is 0 Å². The average Bonchev–Trinajstić information content (AvgIpc) is 2.91. The van der Waals surface area contributed by atoms with Crippen molar-refractivity contribution in [2.75, 3.05) is 6.54 Å². The Morgan fingerprint density at radius 3 is 2.80 bits per heavy atom. The molecule has 0 radical (unpaired) electrons. The van der Waals surface area contributed by atoms with Crippen LogP contribution in [0.15, 0.2) is 36.7 Å². The third-order valence-corrected chi connectivity index (χ3v) is 3.19. The lowest BCUT2D eigenvalue weighted by molar-refractivity contribution is 0.0954. The number of nitrogens with one attached hydrogen (secondary N) is 2. The fourth-order valence-electron chi connectivity index (χ4n) is 1.96. The molecule has 0 saturated heterocycles. The molecule has 20 heavy (non-hydrogen) atoms. The van der Waals surface area contributed by atoms with Crippen molar-refractivity contribution in [1.29, 1.82) is 0 Å². The van der Waals surface area contributed by atoms with E-state index in [4.69, 9.17) is 0 Å². The van der Waals surface area contributed by atoms with Gasteiger partial charge in [-0.1, -0.05) is 32.9 Å². The SMILES string of the molecule is CC(C)(C)c1cccc(C(=O)NCCc2ncc[nH]2)c1. The highest BCUT2D eigenvalue weighted by molar-refractivity contribution is 5.94. The Hall–Kier alpha value is -2.10. The monoisotopic (exact) mass is 271 g/mol. The first kappa shape index (κ1) is 14.3. The molecule has 0 aliphatic heterocycles. The fourth-order valence-corrected chi connectivity index (χ4v) is 1.96. The van der Waals surface area contributed by atoms with Crippen molar-refractivity contribution in [3.63, 3.8) is 0 Å². The van der Waals surface area contributed by atoms with Gasteiger partial charge in [0.25, 0.3) is 5.91 Å². The molecule has 0 aliphatic rings. The van der Waals surface area contributed by atoms with E-state index in [0.717, 1.165) is 11.4 Å². The molecule has 2 rings (SSSR count). The Labute approximate surface area is 119 Å². The zero-order chi connectivity index (χ0) is 14.6. The van der Waals surface area contributed by atoms with Crippen LogP contribution >= 0.6 is 0 Å². The van der Waals surface area contributed by atoms with Gasteiger partial charge in [-0.05, 0) is 23.1 Å². The molecule has 1 heterocycles. The Balaban J connectivity index is 1.95. The number of H-pyrrole nitrogens is 1. The van der Waals surface area contributed by atoms with Crippen molar-refractivity contribution in [2.45, 2.75) is 32.6 Å². The number of imidazole rings is 1. The largest absolute Gasteiger partial charge is 0.352 e. The van der Waals surface area contributed by atoms with Crippen LogP contribution in [-0.2, 0) is 11.8 Å². The second-order valence-electron chi connectivity index (χ2n) is 5.87. The molecule has 106 valence electrons. The molecule has 1 amide bonds. The Morgan fingerprint density at radius 2 is 2.15 bits per heavy atom. The van der Waals surface area contributed by atoms with Crippen LogP contribution in [-0.4, -0.2) is 22.4 Å². The van der Waals surface area contributed by atoms with Crippen molar-refractivity contribution in [2.24, 2.45) is 0 Å². The molecule has 0 saturated carbocycles. The molecule has 0 aliphatic carbocycles. The molecule has 0 fully saturated rings. The molecule has 4 heteroatoms. The first-order chi connectivity index (χ1) is 9.47. The first-order valence-corrected chi connectivity index (χ1v) is 6.84. The van der Waals surface area contributed by atoms with Crippen LogP contribution in [0, 0.1) is 0 Å². The maximum atomic E-state index is 12.1. The van der Waals surface area contributed by atoms with E-state index in [1.807, 2.05) is 18.2 Å². The van der Waals surface area contributed by atoms with E-state index in [1.165, 1.54) is 0 Å². The molecule has 0 bridgehead atoms. The molecule has 1 aromatic heterocycles. The minimum Gasteiger partial charge on any atom is -0.352 e. The van der Waals surface area contributed by atoms with E-state index in [0.29, 0.717) is 18.5 Å². The van der Waals surface area contributed by atoms with Crippen molar-refractivity contribution < 1.29 is 4.79 Å². The van der Waals surface area contributed by atoms with Crippen LogP contribution in [0.1, 0.15) is 42.5 Å². The second kappa shape index (κ2) is 5.90. The molecule has 4 nitrogen and oxygen atoms in total. The Bertz CT molecular complexity index is 568. The van der Waals surface area contributed by atoms with Gasteiger partial charge in [0.1, 0.15) is 5.82 Å². The van der Waals surface area contributed by atoms with Crippen molar-refractivity contribution in [3.8, 4) is 0 Å². The van der Waals surface area contributed by atoms with E-state index < -0.39 is 0 Å². The lowest BCUT2D eigenvalue weighted by Gasteiger charge is -2.19. The minimum absolute atomic E-state index is 0.0392. The highest BCUT2D eigenvalue weighted by atomic mass is 16.1. The third kappa shape index (κ3) is 3.70. The Kier molecular flexibility index (Phi) is 4.23. The van der Waals surface area contributed by atoms with Gasteiger partial charge in [0.05, 0.1) is 0 Å². The zero-order valence-electron chi connectivity index (χ0n) is 12.2. The molecule has 0 unspecified atom stereocenters. The summed E-state index contributed by atoms with van der Waals surface area (Å²) < 4.78 is 0. The number of nitrogens with zero attached hydrogens (tertiary/aromatic N) is 1. The zero-order valence-corrected chi connectivity index (χ0v) is 12.2. The first-order valence-electron chi connectivity index (χ1n) is 6.84. The van der Waals surface area contributed by atoms with Crippen LogP contribution in [0.25, 0.3) is 0 Å². The number of rotatable bonds is 4. The number of hydrogen-bond acceptors (Lipinski definition) is 2. The van der Waals surface area contributed by atoms with Crippen LogP contribution in [0.3, 0.4) is 0 Å². The van der Waals surface area contributed by atoms with Gasteiger partial charge >= 0.3 is 0 Å². The summed E-state index contributed by atoms with van der Waals surface area (Å²) in [4.78, 5) is 19.3. The van der Waals surface area contributed by atoms with E-state index in [9.17, 15) is 4.79 Å². The number of benzene rings is 1.